The van der Waals surface area contributed by atoms with E-state index in [9.17, 15) is 5.11 Å². The van der Waals surface area contributed by atoms with E-state index < -0.39 is 0 Å². The van der Waals surface area contributed by atoms with Crippen LogP contribution in [0.3, 0.4) is 0 Å². The number of hydrogen-bond donors (Lipinski definition) is 1. The summed E-state index contributed by atoms with van der Waals surface area (Å²) in [5.41, 5.74) is 0. The Morgan fingerprint density at radius 1 is 1.11 bits per heavy atom. The van der Waals surface area contributed by atoms with Crippen LogP contribution >= 0.6 is 0 Å². The van der Waals surface area contributed by atoms with Crippen LogP contribution in [0, 0.1) is 23.7 Å². The fourth-order valence-corrected chi connectivity index (χ4v) is 3.57. The summed E-state index contributed by atoms with van der Waals surface area (Å²) in [6.07, 6.45) is 5.05. The van der Waals surface area contributed by atoms with Crippen LogP contribution in [0.1, 0.15) is 53.4 Å². The van der Waals surface area contributed by atoms with E-state index in [0.29, 0.717) is 23.8 Å². The van der Waals surface area contributed by atoms with Gasteiger partial charge >= 0.3 is 0 Å². The smallest absolute Gasteiger partial charge is 0.0585 e. The highest BCUT2D eigenvalue weighted by molar-refractivity contribution is 4.87. The Morgan fingerprint density at radius 3 is 2.28 bits per heavy atom. The Balaban J connectivity index is 1.91. The van der Waals surface area contributed by atoms with E-state index >= 15 is 0 Å². The van der Waals surface area contributed by atoms with Crippen LogP contribution in [0.4, 0.5) is 0 Å². The van der Waals surface area contributed by atoms with Crippen LogP contribution < -0.4 is 0 Å². The van der Waals surface area contributed by atoms with Crippen LogP contribution in [0.5, 0.6) is 0 Å². The number of nitrogens with zero attached hydrogens (tertiary/aromatic N) is 1. The Hall–Kier alpha value is -0.0800. The van der Waals surface area contributed by atoms with Gasteiger partial charge in [-0.2, -0.15) is 0 Å². The zero-order valence-corrected chi connectivity index (χ0v) is 12.6. The highest BCUT2D eigenvalue weighted by atomic mass is 16.3. The van der Waals surface area contributed by atoms with E-state index in [1.54, 1.807) is 0 Å². The van der Waals surface area contributed by atoms with Crippen LogP contribution in [0.15, 0.2) is 0 Å². The second kappa shape index (κ2) is 5.92. The molecule has 1 N–H and O–H groups in total. The minimum atomic E-state index is -0.0794. The van der Waals surface area contributed by atoms with Gasteiger partial charge in [0.1, 0.15) is 0 Å². The second-order valence-electron chi connectivity index (χ2n) is 7.28. The largest absolute Gasteiger partial charge is 0.393 e. The van der Waals surface area contributed by atoms with Gasteiger partial charge in [0, 0.05) is 25.0 Å². The van der Waals surface area contributed by atoms with Crippen molar-refractivity contribution in [3.05, 3.63) is 0 Å². The molecule has 2 saturated carbocycles. The molecule has 2 rings (SSSR count). The Morgan fingerprint density at radius 2 is 1.78 bits per heavy atom. The molecule has 0 aliphatic heterocycles. The highest BCUT2D eigenvalue weighted by Crippen LogP contribution is 2.36. The van der Waals surface area contributed by atoms with E-state index in [1.807, 2.05) is 0 Å². The first-order chi connectivity index (χ1) is 8.47. The Labute approximate surface area is 113 Å². The predicted molar refractivity (Wildman–Crippen MR) is 76.5 cm³/mol. The van der Waals surface area contributed by atoms with Crippen molar-refractivity contribution >= 4 is 0 Å². The van der Waals surface area contributed by atoms with Gasteiger partial charge in [-0.3, -0.25) is 0 Å². The average molecular weight is 253 g/mol. The second-order valence-corrected chi connectivity index (χ2v) is 7.28. The van der Waals surface area contributed by atoms with Gasteiger partial charge in [-0.15, -0.1) is 0 Å². The van der Waals surface area contributed by atoms with Crippen molar-refractivity contribution in [3.8, 4) is 0 Å². The first-order valence-electron chi connectivity index (χ1n) is 7.89. The van der Waals surface area contributed by atoms with Gasteiger partial charge in [-0.1, -0.05) is 13.8 Å². The van der Waals surface area contributed by atoms with E-state index in [4.69, 9.17) is 0 Å². The molecule has 2 aliphatic rings. The SMILES string of the molecule is CC1CC(C)C(CN(CC2CC2)C(C)C)C(O)C1. The minimum absolute atomic E-state index is 0.0794. The summed E-state index contributed by atoms with van der Waals surface area (Å²) in [6, 6.07) is 0.615. The summed E-state index contributed by atoms with van der Waals surface area (Å²) >= 11 is 0. The van der Waals surface area contributed by atoms with Crippen molar-refractivity contribution in [3.63, 3.8) is 0 Å². The van der Waals surface area contributed by atoms with Gasteiger partial charge in [0.05, 0.1) is 6.10 Å². The molecule has 0 heterocycles. The van der Waals surface area contributed by atoms with Crippen LogP contribution in [0.2, 0.25) is 0 Å². The number of hydrogen-bond acceptors (Lipinski definition) is 2. The van der Waals surface area contributed by atoms with Gasteiger partial charge in [0.15, 0.2) is 0 Å². The van der Waals surface area contributed by atoms with Crippen LogP contribution in [0.25, 0.3) is 0 Å². The van der Waals surface area contributed by atoms with Gasteiger partial charge in [-0.05, 0) is 57.3 Å². The lowest BCUT2D eigenvalue weighted by Gasteiger charge is -2.41. The average Bonchev–Trinajstić information content (AvgIpc) is 3.04. The quantitative estimate of drug-likeness (QED) is 0.813. The molecule has 18 heavy (non-hydrogen) atoms. The Kier molecular flexibility index (Phi) is 4.71. The lowest BCUT2D eigenvalue weighted by molar-refractivity contribution is -0.00755. The van der Waals surface area contributed by atoms with Gasteiger partial charge in [0.2, 0.25) is 0 Å². The molecule has 0 amide bonds. The maximum atomic E-state index is 10.4. The van der Waals surface area contributed by atoms with Gasteiger partial charge in [-0.25, -0.2) is 0 Å². The first kappa shape index (κ1) is 14.3. The zero-order chi connectivity index (χ0) is 13.3. The molecule has 2 fully saturated rings. The summed E-state index contributed by atoms with van der Waals surface area (Å²) in [6.45, 7) is 11.6. The predicted octanol–water partition coefficient (Wildman–Crippen LogP) is 3.15. The first-order valence-corrected chi connectivity index (χ1v) is 7.89. The van der Waals surface area contributed by atoms with E-state index in [0.717, 1.165) is 18.9 Å². The molecule has 2 aliphatic carbocycles. The van der Waals surface area contributed by atoms with Crippen molar-refractivity contribution in [2.24, 2.45) is 23.7 Å². The number of rotatable bonds is 5. The summed E-state index contributed by atoms with van der Waals surface area (Å²) in [5, 5.41) is 10.4. The third-order valence-corrected chi connectivity index (χ3v) is 5.01. The molecule has 4 atom stereocenters. The summed E-state index contributed by atoms with van der Waals surface area (Å²) in [7, 11) is 0. The van der Waals surface area contributed by atoms with Crippen molar-refractivity contribution < 1.29 is 5.11 Å². The molecule has 2 nitrogen and oxygen atoms in total. The summed E-state index contributed by atoms with van der Waals surface area (Å²) < 4.78 is 0. The topological polar surface area (TPSA) is 23.5 Å². The molecule has 106 valence electrons. The van der Waals surface area contributed by atoms with E-state index in [-0.39, 0.29) is 6.10 Å². The fraction of sp³-hybridized carbons (Fsp3) is 1.00. The van der Waals surface area contributed by atoms with Crippen molar-refractivity contribution in [1.82, 2.24) is 4.90 Å². The maximum absolute atomic E-state index is 10.4. The lowest BCUT2D eigenvalue weighted by atomic mass is 9.73. The van der Waals surface area contributed by atoms with Gasteiger partial charge in [0.25, 0.3) is 0 Å². The lowest BCUT2D eigenvalue weighted by Crippen LogP contribution is -2.45. The van der Waals surface area contributed by atoms with Crippen LogP contribution in [-0.4, -0.2) is 35.2 Å². The molecule has 0 aromatic rings. The fourth-order valence-electron chi connectivity index (χ4n) is 3.57. The van der Waals surface area contributed by atoms with Crippen molar-refractivity contribution in [1.29, 1.82) is 0 Å². The molecule has 0 radical (unpaired) electrons. The molecule has 0 saturated heterocycles. The monoisotopic (exact) mass is 253 g/mol. The molecule has 0 spiro atoms. The van der Waals surface area contributed by atoms with Gasteiger partial charge < -0.3 is 10.0 Å². The minimum Gasteiger partial charge on any atom is -0.393 e. The third-order valence-electron chi connectivity index (χ3n) is 5.01. The van der Waals surface area contributed by atoms with Crippen LogP contribution in [-0.2, 0) is 0 Å². The maximum Gasteiger partial charge on any atom is 0.0585 e. The number of aliphatic hydroxyl groups excluding tert-OH is 1. The third kappa shape index (κ3) is 3.71. The molecule has 2 heteroatoms. The Bertz CT molecular complexity index is 250. The molecule has 0 bridgehead atoms. The molecular formula is C16H31NO. The molecule has 0 aromatic heterocycles. The molecule has 4 unspecified atom stereocenters. The standard InChI is InChI=1S/C16H31NO/c1-11(2)17(9-14-5-6-14)10-15-13(4)7-12(3)8-16(15)18/h11-16,18H,5-10H2,1-4H3. The molecule has 0 aromatic carbocycles. The summed E-state index contributed by atoms with van der Waals surface area (Å²) in [5.74, 6) is 2.80. The van der Waals surface area contributed by atoms with E-state index in [2.05, 4.69) is 32.6 Å². The van der Waals surface area contributed by atoms with E-state index in [1.165, 1.54) is 25.8 Å². The number of aliphatic hydroxyl groups is 1. The summed E-state index contributed by atoms with van der Waals surface area (Å²) in [4.78, 5) is 2.61. The van der Waals surface area contributed by atoms with Crippen molar-refractivity contribution in [2.75, 3.05) is 13.1 Å². The normalized spacial score (nSPS) is 37.5. The van der Waals surface area contributed by atoms with Crippen molar-refractivity contribution in [2.45, 2.75) is 65.5 Å². The highest BCUT2D eigenvalue weighted by Gasteiger charge is 2.35. The molecular weight excluding hydrogens is 222 g/mol. The zero-order valence-electron chi connectivity index (χ0n) is 12.6.